The summed E-state index contributed by atoms with van der Waals surface area (Å²) in [6.45, 7) is 5.26. The Morgan fingerprint density at radius 2 is 1.78 bits per heavy atom. The van der Waals surface area contributed by atoms with E-state index in [-0.39, 0.29) is 12.3 Å². The number of carboxylic acids is 1. The van der Waals surface area contributed by atoms with Crippen LogP contribution in [0.15, 0.2) is 12.5 Å². The van der Waals surface area contributed by atoms with Crippen molar-refractivity contribution in [3.8, 4) is 0 Å². The molecule has 0 fully saturated rings. The first kappa shape index (κ1) is 27.4. The molecule has 0 saturated carbocycles. The van der Waals surface area contributed by atoms with Crippen LogP contribution in [0.5, 0.6) is 0 Å². The molecule has 7 N–H and O–H groups in total. The lowest BCUT2D eigenvalue weighted by Crippen LogP contribution is -2.57. The average Bonchev–Trinajstić information content (AvgIpc) is 3.27. The van der Waals surface area contributed by atoms with Gasteiger partial charge in [-0.05, 0) is 31.3 Å². The minimum atomic E-state index is -1.21. The van der Waals surface area contributed by atoms with E-state index in [2.05, 4.69) is 25.9 Å². The van der Waals surface area contributed by atoms with Gasteiger partial charge in [-0.3, -0.25) is 14.4 Å². The fourth-order valence-corrected chi connectivity index (χ4v) is 3.25. The van der Waals surface area contributed by atoms with Crippen molar-refractivity contribution >= 4 is 35.5 Å². The fourth-order valence-electron chi connectivity index (χ4n) is 2.78. The summed E-state index contributed by atoms with van der Waals surface area (Å²) < 4.78 is 0. The van der Waals surface area contributed by atoms with Crippen molar-refractivity contribution in [2.24, 2.45) is 11.7 Å². The molecule has 0 saturated heterocycles. The average molecular weight is 471 g/mol. The normalized spacial score (nSPS) is 15.7. The summed E-state index contributed by atoms with van der Waals surface area (Å²) in [4.78, 5) is 55.9. The van der Waals surface area contributed by atoms with E-state index >= 15 is 0 Å². The van der Waals surface area contributed by atoms with Gasteiger partial charge in [-0.25, -0.2) is 9.78 Å². The third kappa shape index (κ3) is 8.87. The molecule has 0 aliphatic heterocycles. The summed E-state index contributed by atoms with van der Waals surface area (Å²) in [7, 11) is 0. The molecule has 1 aromatic heterocycles. The maximum absolute atomic E-state index is 12.8. The zero-order valence-electron chi connectivity index (χ0n) is 18.9. The van der Waals surface area contributed by atoms with Gasteiger partial charge in [-0.2, -0.15) is 11.8 Å². The number of nitrogens with one attached hydrogen (secondary N) is 4. The van der Waals surface area contributed by atoms with E-state index in [0.29, 0.717) is 17.9 Å². The van der Waals surface area contributed by atoms with E-state index in [1.807, 2.05) is 20.1 Å². The monoisotopic (exact) mass is 470 g/mol. The minimum absolute atomic E-state index is 0.0181. The minimum Gasteiger partial charge on any atom is -0.480 e. The number of nitrogens with zero attached hydrogens (tertiary/aromatic N) is 1. The lowest BCUT2D eigenvalue weighted by Gasteiger charge is -2.24. The van der Waals surface area contributed by atoms with Crippen molar-refractivity contribution in [3.63, 3.8) is 0 Å². The number of carboxylic acid groups (broad SMARTS) is 1. The second-order valence-electron chi connectivity index (χ2n) is 7.66. The van der Waals surface area contributed by atoms with Crippen molar-refractivity contribution < 1.29 is 24.3 Å². The van der Waals surface area contributed by atoms with Gasteiger partial charge in [-0.1, -0.05) is 20.3 Å². The van der Waals surface area contributed by atoms with Gasteiger partial charge in [0.05, 0.1) is 12.4 Å². The molecule has 0 aromatic carbocycles. The quantitative estimate of drug-likeness (QED) is 0.213. The number of hydrogen-bond acceptors (Lipinski definition) is 7. The first-order chi connectivity index (χ1) is 15.1. The molecule has 1 aromatic rings. The van der Waals surface area contributed by atoms with Crippen molar-refractivity contribution in [1.29, 1.82) is 0 Å². The zero-order chi connectivity index (χ0) is 24.3. The van der Waals surface area contributed by atoms with Crippen LogP contribution in [0, 0.1) is 5.92 Å². The highest BCUT2D eigenvalue weighted by atomic mass is 32.2. The van der Waals surface area contributed by atoms with Gasteiger partial charge in [0, 0.05) is 18.3 Å². The molecule has 0 aliphatic rings. The molecule has 0 radical (unpaired) electrons. The second-order valence-corrected chi connectivity index (χ2v) is 8.65. The number of thioether (sulfide) groups is 1. The van der Waals surface area contributed by atoms with E-state index in [1.54, 1.807) is 0 Å². The summed E-state index contributed by atoms with van der Waals surface area (Å²) in [5, 5.41) is 17.1. The fraction of sp³-hybridized carbons (Fsp3) is 0.650. The predicted octanol–water partition coefficient (Wildman–Crippen LogP) is -0.362. The number of H-pyrrole nitrogens is 1. The molecule has 1 rings (SSSR count). The topological polar surface area (TPSA) is 179 Å². The van der Waals surface area contributed by atoms with Crippen LogP contribution < -0.4 is 21.7 Å². The number of aromatic amines is 1. The van der Waals surface area contributed by atoms with Gasteiger partial charge < -0.3 is 31.8 Å². The smallest absolute Gasteiger partial charge is 0.326 e. The Bertz CT molecular complexity index is 760. The number of carbonyl (C=O) groups is 4. The summed E-state index contributed by atoms with van der Waals surface area (Å²) >= 11 is 1.48. The van der Waals surface area contributed by atoms with Gasteiger partial charge in [0.25, 0.3) is 0 Å². The summed E-state index contributed by atoms with van der Waals surface area (Å²) in [6.07, 6.45) is 5.78. The Balaban J connectivity index is 2.78. The third-order valence-electron chi connectivity index (χ3n) is 5.15. The Morgan fingerprint density at radius 3 is 2.31 bits per heavy atom. The highest BCUT2D eigenvalue weighted by Crippen LogP contribution is 2.07. The van der Waals surface area contributed by atoms with E-state index in [4.69, 9.17) is 5.73 Å². The van der Waals surface area contributed by atoms with Crippen molar-refractivity contribution in [2.75, 3.05) is 12.0 Å². The van der Waals surface area contributed by atoms with E-state index in [0.717, 1.165) is 6.42 Å². The van der Waals surface area contributed by atoms with Crippen LogP contribution in [-0.2, 0) is 25.6 Å². The molecule has 1 heterocycles. The molecule has 5 unspecified atom stereocenters. The predicted molar refractivity (Wildman–Crippen MR) is 122 cm³/mol. The van der Waals surface area contributed by atoms with Gasteiger partial charge in [-0.15, -0.1) is 0 Å². The maximum atomic E-state index is 12.8. The van der Waals surface area contributed by atoms with Crippen LogP contribution in [0.2, 0.25) is 0 Å². The van der Waals surface area contributed by atoms with Gasteiger partial charge >= 0.3 is 5.97 Å². The van der Waals surface area contributed by atoms with Crippen LogP contribution >= 0.6 is 11.8 Å². The van der Waals surface area contributed by atoms with Crippen LogP contribution in [0.4, 0.5) is 0 Å². The molecular formula is C20H34N6O5S. The summed E-state index contributed by atoms with van der Waals surface area (Å²) in [5.41, 5.74) is 6.45. The lowest BCUT2D eigenvalue weighted by atomic mass is 9.99. The molecule has 0 aliphatic carbocycles. The van der Waals surface area contributed by atoms with Crippen LogP contribution in [0.1, 0.15) is 39.3 Å². The number of nitrogens with two attached hydrogens (primary N) is 1. The molecule has 11 nitrogen and oxygen atoms in total. The van der Waals surface area contributed by atoms with E-state index < -0.39 is 47.9 Å². The first-order valence-corrected chi connectivity index (χ1v) is 11.9. The Kier molecular flexibility index (Phi) is 11.8. The van der Waals surface area contributed by atoms with Crippen LogP contribution in [0.25, 0.3) is 0 Å². The standard InChI is InChI=1S/C20H34N6O5S/c1-5-11(2)16(21)19(29)24-12(3)17(27)25-14(6-7-32-4)18(28)26-15(20(30)31)8-13-9-22-10-23-13/h9-12,14-16H,5-8,21H2,1-4H3,(H,22,23)(H,24,29)(H,25,27)(H,26,28)(H,30,31). The Labute approximate surface area is 192 Å². The van der Waals surface area contributed by atoms with Crippen molar-refractivity contribution in [1.82, 2.24) is 25.9 Å². The number of amides is 3. The molecule has 0 bridgehead atoms. The Hall–Kier alpha value is -2.60. The second kappa shape index (κ2) is 13.7. The molecule has 3 amide bonds. The van der Waals surface area contributed by atoms with E-state index in [1.165, 1.54) is 31.2 Å². The molecule has 180 valence electrons. The maximum Gasteiger partial charge on any atom is 0.326 e. The molecular weight excluding hydrogens is 436 g/mol. The van der Waals surface area contributed by atoms with Crippen molar-refractivity contribution in [2.45, 2.75) is 64.2 Å². The molecule has 32 heavy (non-hydrogen) atoms. The highest BCUT2D eigenvalue weighted by Gasteiger charge is 2.29. The number of carbonyl (C=O) groups excluding carboxylic acids is 3. The van der Waals surface area contributed by atoms with Gasteiger partial charge in [0.1, 0.15) is 18.1 Å². The lowest BCUT2D eigenvalue weighted by molar-refractivity contribution is -0.142. The molecule has 12 heteroatoms. The first-order valence-electron chi connectivity index (χ1n) is 10.5. The Morgan fingerprint density at radius 1 is 1.12 bits per heavy atom. The van der Waals surface area contributed by atoms with Gasteiger partial charge in [0.15, 0.2) is 0 Å². The van der Waals surface area contributed by atoms with Crippen LogP contribution in [0.3, 0.4) is 0 Å². The zero-order valence-corrected chi connectivity index (χ0v) is 19.7. The number of hydrogen-bond donors (Lipinski definition) is 6. The summed E-state index contributed by atoms with van der Waals surface area (Å²) in [5.74, 6) is -2.31. The SMILES string of the molecule is CCC(C)C(N)C(=O)NC(C)C(=O)NC(CCSC)C(=O)NC(Cc1cnc[nH]1)C(=O)O. The number of aromatic nitrogens is 2. The number of imidazole rings is 1. The van der Waals surface area contributed by atoms with E-state index in [9.17, 15) is 24.3 Å². The molecule has 5 atom stereocenters. The molecule has 0 spiro atoms. The largest absolute Gasteiger partial charge is 0.480 e. The number of rotatable bonds is 14. The van der Waals surface area contributed by atoms with Crippen LogP contribution in [-0.4, -0.2) is 74.9 Å². The summed E-state index contributed by atoms with van der Waals surface area (Å²) in [6, 6.07) is -3.81. The number of aliphatic carboxylic acids is 1. The highest BCUT2D eigenvalue weighted by molar-refractivity contribution is 7.98. The third-order valence-corrected chi connectivity index (χ3v) is 5.79. The van der Waals surface area contributed by atoms with Crippen molar-refractivity contribution in [3.05, 3.63) is 18.2 Å². The van der Waals surface area contributed by atoms with Gasteiger partial charge in [0.2, 0.25) is 17.7 Å².